The zero-order valence-electron chi connectivity index (χ0n) is 18.8. The number of hydrogen-bond acceptors (Lipinski definition) is 5. The van der Waals surface area contributed by atoms with Crippen LogP contribution in [0.5, 0.6) is 11.5 Å². The molecule has 2 aromatic carbocycles. The van der Waals surface area contributed by atoms with Crippen LogP contribution in [0.1, 0.15) is 37.9 Å². The first kappa shape index (κ1) is 21.6. The Morgan fingerprint density at radius 2 is 1.75 bits per heavy atom. The number of benzene rings is 2. The minimum atomic E-state index is -0.317. The molecule has 6 nitrogen and oxygen atoms in total. The predicted octanol–water partition coefficient (Wildman–Crippen LogP) is 5.04. The Labute approximate surface area is 187 Å². The lowest BCUT2D eigenvalue weighted by molar-refractivity contribution is 0.340. The number of hydrogen-bond donors (Lipinski definition) is 0. The summed E-state index contributed by atoms with van der Waals surface area (Å²) in [4.78, 5) is 22.0. The lowest BCUT2D eigenvalue weighted by Crippen LogP contribution is -2.25. The van der Waals surface area contributed by atoms with E-state index in [1.165, 1.54) is 5.56 Å². The Hall–Kier alpha value is -3.67. The highest BCUT2D eigenvalue weighted by Crippen LogP contribution is 2.30. The normalized spacial score (nSPS) is 11.2. The first-order valence-corrected chi connectivity index (χ1v) is 10.8. The van der Waals surface area contributed by atoms with E-state index >= 15 is 0 Å². The topological polar surface area (TPSA) is 66.2 Å². The van der Waals surface area contributed by atoms with Crippen molar-refractivity contribution in [2.45, 2.75) is 33.2 Å². The van der Waals surface area contributed by atoms with Crippen molar-refractivity contribution in [3.63, 3.8) is 0 Å². The molecule has 0 aliphatic carbocycles. The van der Waals surface area contributed by atoms with Gasteiger partial charge < -0.3 is 9.47 Å². The maximum absolute atomic E-state index is 13.1. The van der Waals surface area contributed by atoms with Crippen molar-refractivity contribution in [3.8, 4) is 22.8 Å². The number of fused-ring (bicyclic) bond motifs is 1. The molecule has 4 rings (SSSR count). The predicted molar refractivity (Wildman–Crippen MR) is 127 cm³/mol. The molecule has 164 valence electrons. The molecule has 0 bridgehead atoms. The molecule has 0 fully saturated rings. The quantitative estimate of drug-likeness (QED) is 0.412. The summed E-state index contributed by atoms with van der Waals surface area (Å²) in [5.74, 6) is 1.85. The van der Waals surface area contributed by atoms with Gasteiger partial charge in [-0.05, 0) is 48.7 Å². The van der Waals surface area contributed by atoms with Gasteiger partial charge >= 0.3 is 5.69 Å². The number of methoxy groups -OCH3 is 1. The van der Waals surface area contributed by atoms with Gasteiger partial charge in [-0.2, -0.15) is 4.98 Å². The van der Waals surface area contributed by atoms with Crippen LogP contribution in [-0.4, -0.2) is 28.3 Å². The van der Waals surface area contributed by atoms with E-state index in [9.17, 15) is 4.79 Å². The molecule has 6 heteroatoms. The molecular weight excluding hydrogens is 402 g/mol. The van der Waals surface area contributed by atoms with Crippen LogP contribution in [0.15, 0.2) is 65.6 Å². The highest BCUT2D eigenvalue weighted by atomic mass is 16.5. The summed E-state index contributed by atoms with van der Waals surface area (Å²) in [7, 11) is 1.60. The summed E-state index contributed by atoms with van der Waals surface area (Å²) in [5.41, 5.74) is 4.02. The van der Waals surface area contributed by atoms with E-state index < -0.39 is 0 Å². The highest BCUT2D eigenvalue weighted by molar-refractivity contribution is 5.93. The summed E-state index contributed by atoms with van der Waals surface area (Å²) >= 11 is 0. The smallest absolute Gasteiger partial charge is 0.348 e. The van der Waals surface area contributed by atoms with Crippen molar-refractivity contribution < 1.29 is 9.47 Å². The number of aromatic nitrogens is 3. The Morgan fingerprint density at radius 1 is 1.00 bits per heavy atom. The van der Waals surface area contributed by atoms with Gasteiger partial charge in [0.15, 0.2) is 0 Å². The summed E-state index contributed by atoms with van der Waals surface area (Å²) in [6.07, 6.45) is 1.65. The monoisotopic (exact) mass is 429 g/mol. The van der Waals surface area contributed by atoms with Gasteiger partial charge in [0.2, 0.25) is 0 Å². The van der Waals surface area contributed by atoms with Gasteiger partial charge in [-0.3, -0.25) is 9.55 Å². The van der Waals surface area contributed by atoms with Gasteiger partial charge in [-0.15, -0.1) is 0 Å². The van der Waals surface area contributed by atoms with Crippen LogP contribution in [0.25, 0.3) is 22.2 Å². The highest BCUT2D eigenvalue weighted by Gasteiger charge is 2.15. The molecule has 0 atom stereocenters. The van der Waals surface area contributed by atoms with Crippen molar-refractivity contribution >= 4 is 10.9 Å². The van der Waals surface area contributed by atoms with Gasteiger partial charge in [0.25, 0.3) is 0 Å². The molecule has 0 saturated carbocycles. The van der Waals surface area contributed by atoms with Crippen molar-refractivity contribution in [1.29, 1.82) is 0 Å². The molecule has 32 heavy (non-hydrogen) atoms. The maximum Gasteiger partial charge on any atom is 0.348 e. The number of ether oxygens (including phenoxy) is 2. The van der Waals surface area contributed by atoms with Crippen LogP contribution < -0.4 is 15.2 Å². The molecule has 2 heterocycles. The average Bonchev–Trinajstić information content (AvgIpc) is 2.81. The van der Waals surface area contributed by atoms with E-state index in [2.05, 4.69) is 35.9 Å². The lowest BCUT2D eigenvalue weighted by atomic mass is 9.99. The van der Waals surface area contributed by atoms with Crippen LogP contribution >= 0.6 is 0 Å². The third kappa shape index (κ3) is 4.35. The van der Waals surface area contributed by atoms with E-state index in [-0.39, 0.29) is 5.69 Å². The fourth-order valence-corrected chi connectivity index (χ4v) is 3.70. The van der Waals surface area contributed by atoms with Crippen LogP contribution in [0.3, 0.4) is 0 Å². The van der Waals surface area contributed by atoms with E-state index in [1.807, 2.05) is 49.4 Å². The first-order chi connectivity index (χ1) is 15.5. The molecule has 0 amide bonds. The Morgan fingerprint density at radius 3 is 2.38 bits per heavy atom. The molecule has 0 radical (unpaired) electrons. The largest absolute Gasteiger partial charge is 0.495 e. The fraction of sp³-hybridized carbons (Fsp3) is 0.269. The third-order valence-corrected chi connectivity index (χ3v) is 5.47. The van der Waals surface area contributed by atoms with Crippen LogP contribution in [0, 0.1) is 0 Å². The van der Waals surface area contributed by atoms with Gasteiger partial charge in [0, 0.05) is 10.9 Å². The standard InChI is InChI=1S/C26H27N3O3/c1-5-32-21-12-13-24-23(14-21)25(19-8-6-18(7-9-19)17(2)3)28-26(30)29(24)16-20-10-11-22(31-4)15-27-20/h6-15,17H,5,16H2,1-4H3. The fourth-order valence-electron chi connectivity index (χ4n) is 3.70. The summed E-state index contributed by atoms with van der Waals surface area (Å²) in [6.45, 7) is 7.14. The molecule has 0 unspecified atom stereocenters. The lowest BCUT2D eigenvalue weighted by Gasteiger charge is -2.15. The van der Waals surface area contributed by atoms with E-state index in [0.717, 1.165) is 27.9 Å². The maximum atomic E-state index is 13.1. The van der Waals surface area contributed by atoms with E-state index in [4.69, 9.17) is 9.47 Å². The zero-order chi connectivity index (χ0) is 22.7. The van der Waals surface area contributed by atoms with Gasteiger partial charge in [0.05, 0.1) is 43.4 Å². The number of nitrogens with zero attached hydrogens (tertiary/aromatic N) is 3. The summed E-state index contributed by atoms with van der Waals surface area (Å²) in [5, 5.41) is 0.862. The summed E-state index contributed by atoms with van der Waals surface area (Å²) < 4.78 is 12.6. The molecule has 0 aliphatic heterocycles. The third-order valence-electron chi connectivity index (χ3n) is 5.47. The number of rotatable bonds is 7. The average molecular weight is 430 g/mol. The van der Waals surface area contributed by atoms with Gasteiger partial charge in [-0.25, -0.2) is 4.79 Å². The van der Waals surface area contributed by atoms with Crippen molar-refractivity contribution in [3.05, 3.63) is 82.5 Å². The Balaban J connectivity index is 1.86. The molecule has 0 saturated heterocycles. The van der Waals surface area contributed by atoms with Gasteiger partial charge in [0.1, 0.15) is 11.5 Å². The molecule has 0 aliphatic rings. The zero-order valence-corrected chi connectivity index (χ0v) is 18.8. The second kappa shape index (κ2) is 9.22. The number of pyridine rings is 1. The van der Waals surface area contributed by atoms with Crippen molar-refractivity contribution in [2.24, 2.45) is 0 Å². The molecule has 0 spiro atoms. The minimum absolute atomic E-state index is 0.312. The van der Waals surface area contributed by atoms with Crippen molar-refractivity contribution in [2.75, 3.05) is 13.7 Å². The minimum Gasteiger partial charge on any atom is -0.495 e. The van der Waals surface area contributed by atoms with Crippen LogP contribution in [0.4, 0.5) is 0 Å². The second-order valence-electron chi connectivity index (χ2n) is 7.91. The van der Waals surface area contributed by atoms with Gasteiger partial charge in [-0.1, -0.05) is 38.1 Å². The summed E-state index contributed by atoms with van der Waals surface area (Å²) in [6, 6.07) is 17.7. The molecule has 4 aromatic rings. The molecular formula is C26H27N3O3. The van der Waals surface area contributed by atoms with Crippen LogP contribution in [-0.2, 0) is 6.54 Å². The molecule has 2 aromatic heterocycles. The second-order valence-corrected chi connectivity index (χ2v) is 7.91. The van der Waals surface area contributed by atoms with E-state index in [1.54, 1.807) is 17.9 Å². The Kier molecular flexibility index (Phi) is 6.21. The van der Waals surface area contributed by atoms with Crippen molar-refractivity contribution in [1.82, 2.24) is 14.5 Å². The van der Waals surface area contributed by atoms with E-state index in [0.29, 0.717) is 30.5 Å². The first-order valence-electron chi connectivity index (χ1n) is 10.8. The SMILES string of the molecule is CCOc1ccc2c(c1)c(-c1ccc(C(C)C)cc1)nc(=O)n2Cc1ccc(OC)cn1. The van der Waals surface area contributed by atoms with Crippen LogP contribution in [0.2, 0.25) is 0 Å². The molecule has 0 N–H and O–H groups in total. The Bertz CT molecular complexity index is 1280.